The van der Waals surface area contributed by atoms with Gasteiger partial charge in [-0.25, -0.2) is 4.98 Å². The predicted molar refractivity (Wildman–Crippen MR) is 55.5 cm³/mol. The Morgan fingerprint density at radius 2 is 2.29 bits per heavy atom. The van der Waals surface area contributed by atoms with Crippen molar-refractivity contribution >= 4 is 11.9 Å². The number of hydrogen-bond donors (Lipinski definition) is 2. The van der Waals surface area contributed by atoms with Crippen LogP contribution in [0.3, 0.4) is 0 Å². The third kappa shape index (κ3) is 2.51. The van der Waals surface area contributed by atoms with Gasteiger partial charge in [-0.2, -0.15) is 10.2 Å². The molecule has 2 N–H and O–H groups in total. The first-order valence-electron chi connectivity index (χ1n) is 4.63. The van der Waals surface area contributed by atoms with Crippen LogP contribution in [0.4, 0.5) is 5.95 Å². The number of amides is 1. The number of methoxy groups -OCH3 is 1. The van der Waals surface area contributed by atoms with Crippen LogP contribution in [0.25, 0.3) is 0 Å². The lowest BCUT2D eigenvalue weighted by atomic mass is 10.4. The van der Waals surface area contributed by atoms with Gasteiger partial charge >= 0.3 is 0 Å². The molecule has 2 rings (SSSR count). The van der Waals surface area contributed by atoms with Gasteiger partial charge in [-0.05, 0) is 12.1 Å². The maximum atomic E-state index is 11.6. The van der Waals surface area contributed by atoms with Crippen molar-refractivity contribution in [3.63, 3.8) is 0 Å². The lowest BCUT2D eigenvalue weighted by Crippen LogP contribution is -2.16. The Bertz CT molecular complexity index is 525. The highest BCUT2D eigenvalue weighted by Crippen LogP contribution is 2.11. The van der Waals surface area contributed by atoms with Gasteiger partial charge in [-0.15, -0.1) is 10.2 Å². The highest BCUT2D eigenvalue weighted by molar-refractivity contribution is 6.00. The molecule has 0 aliphatic heterocycles. The van der Waals surface area contributed by atoms with Gasteiger partial charge in [0.25, 0.3) is 11.7 Å². The summed E-state index contributed by atoms with van der Waals surface area (Å²) >= 11 is 0. The number of tetrazole rings is 1. The van der Waals surface area contributed by atoms with E-state index in [9.17, 15) is 4.79 Å². The Labute approximate surface area is 95.6 Å². The molecule has 0 atom stereocenters. The maximum Gasteiger partial charge on any atom is 0.299 e. The third-order valence-electron chi connectivity index (χ3n) is 1.81. The van der Waals surface area contributed by atoms with E-state index in [2.05, 4.69) is 35.9 Å². The van der Waals surface area contributed by atoms with Crippen molar-refractivity contribution < 1.29 is 9.53 Å². The number of anilines is 1. The van der Waals surface area contributed by atoms with Crippen LogP contribution in [0.1, 0.15) is 16.3 Å². The first-order valence-corrected chi connectivity index (χ1v) is 4.63. The minimum absolute atomic E-state index is 0.0888. The van der Waals surface area contributed by atoms with Crippen molar-refractivity contribution in [2.75, 3.05) is 12.4 Å². The highest BCUT2D eigenvalue weighted by Gasteiger charge is 2.13. The van der Waals surface area contributed by atoms with Crippen molar-refractivity contribution in [3.8, 4) is 5.88 Å². The zero-order valence-corrected chi connectivity index (χ0v) is 9.13. The maximum absolute atomic E-state index is 11.6. The summed E-state index contributed by atoms with van der Waals surface area (Å²) in [5.41, 5.74) is 0.667. The van der Waals surface area contributed by atoms with Crippen LogP contribution in [0.5, 0.6) is 5.88 Å². The first-order chi connectivity index (χ1) is 8.19. The molecule has 9 heteroatoms. The minimum Gasteiger partial charge on any atom is -0.481 e. The summed E-state index contributed by atoms with van der Waals surface area (Å²) in [5, 5.41) is 14.9. The average molecular weight is 235 g/mol. The molecule has 0 aliphatic rings. The van der Waals surface area contributed by atoms with Gasteiger partial charge < -0.3 is 4.74 Å². The SMILES string of the molecule is COc1cc(C)nc(NC(=O)c2nn[nH]n2)n1. The van der Waals surface area contributed by atoms with Crippen LogP contribution in [0, 0.1) is 6.92 Å². The second-order valence-corrected chi connectivity index (χ2v) is 3.06. The number of ether oxygens (including phenoxy) is 1. The van der Waals surface area contributed by atoms with Gasteiger partial charge in [0.15, 0.2) is 0 Å². The number of aryl methyl sites for hydroxylation is 1. The van der Waals surface area contributed by atoms with Crippen molar-refractivity contribution in [2.24, 2.45) is 0 Å². The lowest BCUT2D eigenvalue weighted by Gasteiger charge is -2.04. The number of H-pyrrole nitrogens is 1. The normalized spacial score (nSPS) is 10.0. The van der Waals surface area contributed by atoms with E-state index in [0.29, 0.717) is 11.6 Å². The molecule has 0 saturated carbocycles. The number of hydrogen-bond acceptors (Lipinski definition) is 7. The summed E-state index contributed by atoms with van der Waals surface area (Å²) in [5.74, 6) is -0.155. The number of rotatable bonds is 3. The Kier molecular flexibility index (Phi) is 2.90. The Hall–Kier alpha value is -2.58. The molecule has 0 unspecified atom stereocenters. The molecule has 2 aromatic heterocycles. The van der Waals surface area contributed by atoms with E-state index < -0.39 is 5.91 Å². The second-order valence-electron chi connectivity index (χ2n) is 3.06. The smallest absolute Gasteiger partial charge is 0.299 e. The number of carbonyl (C=O) groups excluding carboxylic acids is 1. The van der Waals surface area contributed by atoms with E-state index in [-0.39, 0.29) is 11.8 Å². The standard InChI is InChI=1S/C8H9N7O2/c1-4-3-5(17-2)10-8(9-4)11-7(16)6-12-14-15-13-6/h3H,1-2H3,(H,9,10,11,16)(H,12,13,14,15). The average Bonchev–Trinajstić information content (AvgIpc) is 2.81. The quantitative estimate of drug-likeness (QED) is 0.740. The molecule has 88 valence electrons. The summed E-state index contributed by atoms with van der Waals surface area (Å²) in [6.07, 6.45) is 0. The Balaban J connectivity index is 2.18. The molecular weight excluding hydrogens is 226 g/mol. The molecule has 9 nitrogen and oxygen atoms in total. The van der Waals surface area contributed by atoms with Crippen LogP contribution in [0.15, 0.2) is 6.07 Å². The molecule has 0 spiro atoms. The fourth-order valence-electron chi connectivity index (χ4n) is 1.12. The summed E-state index contributed by atoms with van der Waals surface area (Å²) in [6, 6.07) is 1.64. The molecule has 0 bridgehead atoms. The monoisotopic (exact) mass is 235 g/mol. The molecule has 0 fully saturated rings. The van der Waals surface area contributed by atoms with Crippen LogP contribution >= 0.6 is 0 Å². The molecule has 17 heavy (non-hydrogen) atoms. The van der Waals surface area contributed by atoms with Crippen LogP contribution in [-0.2, 0) is 0 Å². The number of nitrogens with one attached hydrogen (secondary N) is 2. The third-order valence-corrected chi connectivity index (χ3v) is 1.81. The molecule has 0 aromatic carbocycles. The highest BCUT2D eigenvalue weighted by atomic mass is 16.5. The van der Waals surface area contributed by atoms with E-state index in [4.69, 9.17) is 4.74 Å². The Morgan fingerprint density at radius 1 is 1.47 bits per heavy atom. The zero-order valence-electron chi connectivity index (χ0n) is 9.13. The van der Waals surface area contributed by atoms with Crippen molar-refractivity contribution in [3.05, 3.63) is 17.6 Å². The first kappa shape index (κ1) is 10.9. The van der Waals surface area contributed by atoms with Crippen LogP contribution < -0.4 is 10.1 Å². The van der Waals surface area contributed by atoms with E-state index in [0.717, 1.165) is 0 Å². The van der Waals surface area contributed by atoms with Crippen LogP contribution in [0.2, 0.25) is 0 Å². The summed E-state index contributed by atoms with van der Waals surface area (Å²) in [6.45, 7) is 1.76. The largest absolute Gasteiger partial charge is 0.481 e. The minimum atomic E-state index is -0.550. The van der Waals surface area contributed by atoms with Crippen LogP contribution in [-0.4, -0.2) is 43.6 Å². The van der Waals surface area contributed by atoms with Gasteiger partial charge in [0.1, 0.15) is 0 Å². The Morgan fingerprint density at radius 3 is 2.94 bits per heavy atom. The molecule has 2 heterocycles. The van der Waals surface area contributed by atoms with Crippen molar-refractivity contribution in [2.45, 2.75) is 6.92 Å². The summed E-state index contributed by atoms with van der Waals surface area (Å²) < 4.78 is 4.96. The number of nitrogens with zero attached hydrogens (tertiary/aromatic N) is 5. The van der Waals surface area contributed by atoms with Gasteiger partial charge in [-0.1, -0.05) is 0 Å². The fourth-order valence-corrected chi connectivity index (χ4v) is 1.12. The van der Waals surface area contributed by atoms with E-state index in [1.54, 1.807) is 13.0 Å². The molecule has 0 radical (unpaired) electrons. The fraction of sp³-hybridized carbons (Fsp3) is 0.250. The molecule has 0 saturated heterocycles. The zero-order chi connectivity index (χ0) is 12.3. The number of carbonyl (C=O) groups is 1. The van der Waals surface area contributed by atoms with Gasteiger partial charge in [0.2, 0.25) is 11.8 Å². The van der Waals surface area contributed by atoms with E-state index in [1.807, 2.05) is 0 Å². The van der Waals surface area contributed by atoms with Crippen molar-refractivity contribution in [1.82, 2.24) is 30.6 Å². The number of aromatic nitrogens is 6. The van der Waals surface area contributed by atoms with Gasteiger partial charge in [0, 0.05) is 11.8 Å². The molecule has 2 aromatic rings. The second kappa shape index (κ2) is 4.51. The van der Waals surface area contributed by atoms with E-state index >= 15 is 0 Å². The summed E-state index contributed by atoms with van der Waals surface area (Å²) in [4.78, 5) is 19.5. The molecule has 0 aliphatic carbocycles. The lowest BCUT2D eigenvalue weighted by molar-refractivity contribution is 0.101. The topological polar surface area (TPSA) is 119 Å². The van der Waals surface area contributed by atoms with Gasteiger partial charge in [0.05, 0.1) is 7.11 Å². The molecule has 1 amide bonds. The predicted octanol–water partition coefficient (Wildman–Crippen LogP) is -0.441. The van der Waals surface area contributed by atoms with Crippen molar-refractivity contribution in [1.29, 1.82) is 0 Å². The molecular formula is C8H9N7O2. The summed E-state index contributed by atoms with van der Waals surface area (Å²) in [7, 11) is 1.48. The number of aromatic amines is 1. The van der Waals surface area contributed by atoms with Gasteiger partial charge in [-0.3, -0.25) is 10.1 Å². The van der Waals surface area contributed by atoms with E-state index in [1.165, 1.54) is 7.11 Å².